The Morgan fingerprint density at radius 3 is 3.00 bits per heavy atom. The molecular formula is C11H12BrNO2. The van der Waals surface area contributed by atoms with Crippen LogP contribution in [0.3, 0.4) is 0 Å². The molecule has 0 radical (unpaired) electrons. The predicted octanol–water partition coefficient (Wildman–Crippen LogP) is 3.09. The Kier molecular flexibility index (Phi) is 3.07. The van der Waals surface area contributed by atoms with Crippen LogP contribution in [0.4, 0.5) is 0 Å². The third kappa shape index (κ3) is 2.21. The van der Waals surface area contributed by atoms with Crippen LogP contribution < -0.4 is 0 Å². The summed E-state index contributed by atoms with van der Waals surface area (Å²) in [6.07, 6.45) is 0.711. The summed E-state index contributed by atoms with van der Waals surface area (Å²) in [5, 5.41) is 0. The topological polar surface area (TPSA) is 35.3 Å². The van der Waals surface area contributed by atoms with Gasteiger partial charge >= 0.3 is 0 Å². The number of hydrogen-bond acceptors (Lipinski definition) is 3. The second-order valence-electron chi connectivity index (χ2n) is 3.42. The highest BCUT2D eigenvalue weighted by Gasteiger charge is 2.08. The van der Waals surface area contributed by atoms with Crippen LogP contribution in [0.25, 0.3) is 11.1 Å². The van der Waals surface area contributed by atoms with Gasteiger partial charge in [-0.25, -0.2) is 4.98 Å². The fourth-order valence-electron chi connectivity index (χ4n) is 1.50. The molecule has 1 heterocycles. The first-order valence-electron chi connectivity index (χ1n) is 4.75. The van der Waals surface area contributed by atoms with Gasteiger partial charge in [-0.2, -0.15) is 0 Å². The van der Waals surface area contributed by atoms with Crippen LogP contribution >= 0.6 is 15.9 Å². The lowest BCUT2D eigenvalue weighted by atomic mass is 10.2. The lowest BCUT2D eigenvalue weighted by Crippen LogP contribution is -1.93. The van der Waals surface area contributed by atoms with Crippen molar-refractivity contribution in [3.8, 4) is 0 Å². The van der Waals surface area contributed by atoms with Gasteiger partial charge in [-0.1, -0.05) is 15.9 Å². The van der Waals surface area contributed by atoms with Crippen molar-refractivity contribution >= 4 is 27.0 Å². The van der Waals surface area contributed by atoms with Crippen molar-refractivity contribution in [1.82, 2.24) is 4.98 Å². The van der Waals surface area contributed by atoms with Gasteiger partial charge in [0.15, 0.2) is 11.5 Å². The summed E-state index contributed by atoms with van der Waals surface area (Å²) in [4.78, 5) is 4.40. The maximum Gasteiger partial charge on any atom is 0.197 e. The summed E-state index contributed by atoms with van der Waals surface area (Å²) in [6.45, 7) is 2.64. The van der Waals surface area contributed by atoms with E-state index in [1.165, 1.54) is 0 Å². The summed E-state index contributed by atoms with van der Waals surface area (Å²) in [7, 11) is 1.67. The Balaban J connectivity index is 2.41. The van der Waals surface area contributed by atoms with Crippen molar-refractivity contribution in [2.45, 2.75) is 13.3 Å². The van der Waals surface area contributed by atoms with Gasteiger partial charge in [-0.15, -0.1) is 0 Å². The first-order valence-corrected chi connectivity index (χ1v) is 5.54. The van der Waals surface area contributed by atoms with Crippen molar-refractivity contribution in [3.05, 3.63) is 28.1 Å². The van der Waals surface area contributed by atoms with Gasteiger partial charge in [0, 0.05) is 18.0 Å². The van der Waals surface area contributed by atoms with Crippen LogP contribution in [-0.2, 0) is 11.2 Å². The van der Waals surface area contributed by atoms with E-state index in [-0.39, 0.29) is 0 Å². The molecule has 2 rings (SSSR count). The summed E-state index contributed by atoms with van der Waals surface area (Å²) in [6, 6.07) is 3.98. The highest BCUT2D eigenvalue weighted by atomic mass is 79.9. The van der Waals surface area contributed by atoms with E-state index in [9.17, 15) is 0 Å². The second-order valence-corrected chi connectivity index (χ2v) is 4.34. The molecule has 0 atom stereocenters. The quantitative estimate of drug-likeness (QED) is 0.859. The van der Waals surface area contributed by atoms with Crippen molar-refractivity contribution < 1.29 is 9.15 Å². The van der Waals surface area contributed by atoms with Gasteiger partial charge in [0.25, 0.3) is 0 Å². The number of halogens is 1. The zero-order valence-corrected chi connectivity index (χ0v) is 10.3. The van der Waals surface area contributed by atoms with E-state index in [0.717, 1.165) is 27.0 Å². The minimum absolute atomic E-state index is 0.632. The summed E-state index contributed by atoms with van der Waals surface area (Å²) in [5.41, 5.74) is 2.85. The van der Waals surface area contributed by atoms with E-state index in [0.29, 0.717) is 13.0 Å². The SMILES string of the molecule is COCCc1nc2cc(Br)cc(C)c2o1. The van der Waals surface area contributed by atoms with Gasteiger partial charge in [-0.05, 0) is 24.6 Å². The molecule has 1 aromatic heterocycles. The molecule has 3 nitrogen and oxygen atoms in total. The Bertz CT molecular complexity index is 479. The van der Waals surface area contributed by atoms with E-state index in [2.05, 4.69) is 20.9 Å². The minimum atomic E-state index is 0.632. The van der Waals surface area contributed by atoms with Gasteiger partial charge in [0.1, 0.15) is 5.52 Å². The number of oxazole rings is 1. The first-order chi connectivity index (χ1) is 7.20. The smallest absolute Gasteiger partial charge is 0.197 e. The fraction of sp³-hybridized carbons (Fsp3) is 0.364. The number of rotatable bonds is 3. The van der Waals surface area contributed by atoms with E-state index in [4.69, 9.17) is 9.15 Å². The molecule has 0 unspecified atom stereocenters. The van der Waals surface area contributed by atoms with Gasteiger partial charge < -0.3 is 9.15 Å². The van der Waals surface area contributed by atoms with Crippen molar-refractivity contribution in [2.24, 2.45) is 0 Å². The molecule has 0 aliphatic heterocycles. The summed E-state index contributed by atoms with van der Waals surface area (Å²) < 4.78 is 11.7. The minimum Gasteiger partial charge on any atom is -0.440 e. The van der Waals surface area contributed by atoms with E-state index in [1.54, 1.807) is 7.11 Å². The van der Waals surface area contributed by atoms with E-state index < -0.39 is 0 Å². The monoisotopic (exact) mass is 269 g/mol. The normalized spacial score (nSPS) is 11.1. The lowest BCUT2D eigenvalue weighted by Gasteiger charge is -1.94. The Hall–Kier alpha value is -0.870. The van der Waals surface area contributed by atoms with Gasteiger partial charge in [0.05, 0.1) is 6.61 Å². The highest BCUT2D eigenvalue weighted by Crippen LogP contribution is 2.24. The standard InChI is InChI=1S/C11H12BrNO2/c1-7-5-8(12)6-9-11(7)15-10(13-9)3-4-14-2/h5-6H,3-4H2,1-2H3. The van der Waals surface area contributed by atoms with Crippen LogP contribution in [0.2, 0.25) is 0 Å². The molecule has 1 aromatic carbocycles. The number of ether oxygens (including phenoxy) is 1. The second kappa shape index (κ2) is 4.33. The number of hydrogen-bond donors (Lipinski definition) is 0. The molecule has 0 bridgehead atoms. The molecule has 0 aliphatic carbocycles. The Morgan fingerprint density at radius 2 is 2.27 bits per heavy atom. The molecule has 15 heavy (non-hydrogen) atoms. The zero-order chi connectivity index (χ0) is 10.8. The van der Waals surface area contributed by atoms with E-state index in [1.807, 2.05) is 19.1 Å². The third-order valence-corrected chi connectivity index (χ3v) is 2.66. The third-order valence-electron chi connectivity index (χ3n) is 2.20. The summed E-state index contributed by atoms with van der Waals surface area (Å²) in [5.74, 6) is 0.730. The van der Waals surface area contributed by atoms with Gasteiger partial charge in [-0.3, -0.25) is 0 Å². The highest BCUT2D eigenvalue weighted by molar-refractivity contribution is 9.10. The van der Waals surface area contributed by atoms with Gasteiger partial charge in [0.2, 0.25) is 0 Å². The molecule has 0 saturated heterocycles. The fourth-order valence-corrected chi connectivity index (χ4v) is 2.06. The summed E-state index contributed by atoms with van der Waals surface area (Å²) >= 11 is 3.44. The number of methoxy groups -OCH3 is 1. The molecule has 0 saturated carbocycles. The maximum absolute atomic E-state index is 5.64. The zero-order valence-electron chi connectivity index (χ0n) is 8.71. The molecule has 0 spiro atoms. The van der Waals surface area contributed by atoms with Crippen LogP contribution in [0.1, 0.15) is 11.5 Å². The number of fused-ring (bicyclic) bond motifs is 1. The molecule has 0 amide bonds. The molecule has 0 N–H and O–H groups in total. The van der Waals surface area contributed by atoms with Crippen LogP contribution in [0, 0.1) is 6.92 Å². The van der Waals surface area contributed by atoms with Crippen molar-refractivity contribution in [2.75, 3.05) is 13.7 Å². The van der Waals surface area contributed by atoms with E-state index >= 15 is 0 Å². The number of nitrogens with zero attached hydrogens (tertiary/aromatic N) is 1. The predicted molar refractivity (Wildman–Crippen MR) is 62.0 cm³/mol. The number of aromatic nitrogens is 1. The number of aryl methyl sites for hydroxylation is 1. The number of benzene rings is 1. The van der Waals surface area contributed by atoms with Crippen LogP contribution in [-0.4, -0.2) is 18.7 Å². The van der Waals surface area contributed by atoms with Crippen LogP contribution in [0.5, 0.6) is 0 Å². The van der Waals surface area contributed by atoms with Crippen molar-refractivity contribution in [3.63, 3.8) is 0 Å². The first kappa shape index (κ1) is 10.6. The molecule has 0 fully saturated rings. The van der Waals surface area contributed by atoms with Crippen molar-refractivity contribution in [1.29, 1.82) is 0 Å². The maximum atomic E-state index is 5.64. The lowest BCUT2D eigenvalue weighted by molar-refractivity contribution is 0.196. The van der Waals surface area contributed by atoms with Crippen LogP contribution in [0.15, 0.2) is 21.0 Å². The molecular weight excluding hydrogens is 258 g/mol. The Morgan fingerprint density at radius 1 is 1.47 bits per heavy atom. The average Bonchev–Trinajstić information content (AvgIpc) is 2.57. The molecule has 0 aliphatic rings. The molecule has 4 heteroatoms. The molecule has 2 aromatic rings. The Labute approximate surface area is 96.6 Å². The largest absolute Gasteiger partial charge is 0.440 e. The molecule has 80 valence electrons. The average molecular weight is 270 g/mol.